The molecule has 1 aromatic rings. The zero-order chi connectivity index (χ0) is 8.74. The number of hydrogen-bond acceptors (Lipinski definition) is 1. The maximum absolute atomic E-state index is 9.75. The van der Waals surface area contributed by atoms with Crippen LogP contribution in [0.15, 0.2) is 24.4 Å². The highest BCUT2D eigenvalue weighted by Crippen LogP contribution is 2.06. The van der Waals surface area contributed by atoms with Gasteiger partial charge in [0.25, 0.3) is 0 Å². The second kappa shape index (κ2) is 4.70. The van der Waals surface area contributed by atoms with Crippen molar-refractivity contribution in [2.45, 2.75) is 0 Å². The third-order valence-corrected chi connectivity index (χ3v) is 0.517. The molecule has 1 rings (SSSR count). The summed E-state index contributed by atoms with van der Waals surface area (Å²) in [6.07, 6.45) is 4.34. The maximum Gasteiger partial charge on any atom is 0.673 e. The summed E-state index contributed by atoms with van der Waals surface area (Å²) in [5.74, 6) is 0. The van der Waals surface area contributed by atoms with Gasteiger partial charge < -0.3 is 17.3 Å². The molecule has 0 spiro atoms. The third-order valence-electron chi connectivity index (χ3n) is 0.517. The minimum Gasteiger partial charge on any atom is -0.418 e. The molecule has 0 aromatic carbocycles. The third kappa shape index (κ3) is 17.6. The molecule has 0 aliphatic carbocycles. The predicted octanol–water partition coefficient (Wildman–Crippen LogP) is 2.18. The standard InChI is InChI=1S/C5H4N.BF4/c1-2-4-6-5-3-1;2-1(3,4)5/h1-4H;/q;-1. The Hall–Kier alpha value is -1.07. The number of halogens is 4. The van der Waals surface area contributed by atoms with E-state index in [4.69, 9.17) is 0 Å². The van der Waals surface area contributed by atoms with Gasteiger partial charge in [-0.3, -0.25) is 4.98 Å². The number of rotatable bonds is 0. The summed E-state index contributed by atoms with van der Waals surface area (Å²) < 4.78 is 39.0. The zero-order valence-electron chi connectivity index (χ0n) is 5.35. The average Bonchev–Trinajstić information content (AvgIpc) is 1.88. The number of nitrogens with zero attached hydrogens (tertiary/aromatic N) is 1. The van der Waals surface area contributed by atoms with Crippen LogP contribution in [0.5, 0.6) is 0 Å². The molecule has 0 N–H and O–H groups in total. The van der Waals surface area contributed by atoms with Gasteiger partial charge in [0.2, 0.25) is 0 Å². The second-order valence-electron chi connectivity index (χ2n) is 1.45. The molecule has 0 fully saturated rings. The minimum atomic E-state index is -6.00. The van der Waals surface area contributed by atoms with Gasteiger partial charge in [0.05, 0.1) is 6.20 Å². The van der Waals surface area contributed by atoms with Gasteiger partial charge in [-0.25, -0.2) is 0 Å². The molecule has 1 nitrogen and oxygen atoms in total. The van der Waals surface area contributed by atoms with E-state index in [0.29, 0.717) is 0 Å². The van der Waals surface area contributed by atoms with E-state index in [1.165, 1.54) is 0 Å². The molecule has 0 aliphatic rings. The summed E-state index contributed by atoms with van der Waals surface area (Å²) in [6.45, 7) is 0. The van der Waals surface area contributed by atoms with E-state index in [9.17, 15) is 17.3 Å². The van der Waals surface area contributed by atoms with Gasteiger partial charge in [-0.15, -0.1) is 0 Å². The molecule has 0 unspecified atom stereocenters. The highest BCUT2D eigenvalue weighted by Gasteiger charge is 2.20. The molecular weight excluding hydrogens is 161 g/mol. The lowest BCUT2D eigenvalue weighted by molar-refractivity contribution is 0.368. The van der Waals surface area contributed by atoms with Crippen molar-refractivity contribution in [1.82, 2.24) is 4.98 Å². The Morgan fingerprint density at radius 1 is 1.09 bits per heavy atom. The smallest absolute Gasteiger partial charge is 0.418 e. The molecule has 1 aromatic heterocycles. The average molecular weight is 165 g/mol. The van der Waals surface area contributed by atoms with E-state index in [2.05, 4.69) is 11.2 Å². The fourth-order valence-electron chi connectivity index (χ4n) is 0.277. The SMILES string of the molecule is F[B-](F)(F)F.[c]1ccccn1. The Kier molecular flexibility index (Phi) is 4.25. The number of aromatic nitrogens is 1. The number of hydrogen-bond donors (Lipinski definition) is 0. The predicted molar refractivity (Wildman–Crippen MR) is 33.3 cm³/mol. The summed E-state index contributed by atoms with van der Waals surface area (Å²) in [5, 5.41) is 0. The van der Waals surface area contributed by atoms with Crippen LogP contribution in [0.2, 0.25) is 0 Å². The van der Waals surface area contributed by atoms with Crippen LogP contribution in [0.3, 0.4) is 0 Å². The van der Waals surface area contributed by atoms with Crippen LogP contribution < -0.4 is 0 Å². The maximum atomic E-state index is 9.75. The van der Waals surface area contributed by atoms with E-state index in [1.54, 1.807) is 12.3 Å². The van der Waals surface area contributed by atoms with Crippen molar-refractivity contribution in [3.63, 3.8) is 0 Å². The highest BCUT2D eigenvalue weighted by molar-refractivity contribution is 6.50. The molecule has 0 saturated heterocycles. The molecule has 0 amide bonds. The molecule has 0 bridgehead atoms. The summed E-state index contributed by atoms with van der Waals surface area (Å²) >= 11 is 0. The topological polar surface area (TPSA) is 12.9 Å². The fourth-order valence-corrected chi connectivity index (χ4v) is 0.277. The van der Waals surface area contributed by atoms with Crippen molar-refractivity contribution >= 4 is 7.25 Å². The Bertz CT molecular complexity index is 143. The van der Waals surface area contributed by atoms with E-state index in [1.807, 2.05) is 12.1 Å². The van der Waals surface area contributed by atoms with Gasteiger partial charge in [-0.2, -0.15) is 0 Å². The zero-order valence-corrected chi connectivity index (χ0v) is 5.35. The van der Waals surface area contributed by atoms with Gasteiger partial charge in [0, 0.05) is 6.20 Å². The van der Waals surface area contributed by atoms with Gasteiger partial charge in [-0.1, -0.05) is 6.07 Å². The summed E-state index contributed by atoms with van der Waals surface area (Å²) in [7, 11) is -6.00. The van der Waals surface area contributed by atoms with E-state index in [0.717, 1.165) is 0 Å². The van der Waals surface area contributed by atoms with Crippen LogP contribution >= 0.6 is 0 Å². The Morgan fingerprint density at radius 3 is 1.73 bits per heavy atom. The Labute approximate surface area is 61.2 Å². The molecule has 11 heavy (non-hydrogen) atoms. The molecule has 0 saturated carbocycles. The van der Waals surface area contributed by atoms with Crippen molar-refractivity contribution in [3.05, 3.63) is 30.6 Å². The quantitative estimate of drug-likeness (QED) is 0.424. The molecule has 1 radical (unpaired) electrons. The van der Waals surface area contributed by atoms with E-state index < -0.39 is 7.25 Å². The lowest BCUT2D eigenvalue weighted by Gasteiger charge is -1.94. The highest BCUT2D eigenvalue weighted by atomic mass is 19.5. The van der Waals surface area contributed by atoms with Crippen molar-refractivity contribution in [3.8, 4) is 0 Å². The van der Waals surface area contributed by atoms with E-state index in [-0.39, 0.29) is 0 Å². The first kappa shape index (κ1) is 9.93. The monoisotopic (exact) mass is 165 g/mol. The van der Waals surface area contributed by atoms with E-state index >= 15 is 0 Å². The van der Waals surface area contributed by atoms with Crippen molar-refractivity contribution < 1.29 is 17.3 Å². The summed E-state index contributed by atoms with van der Waals surface area (Å²) in [6, 6.07) is 5.50. The first-order valence-electron chi connectivity index (χ1n) is 2.64. The van der Waals surface area contributed by atoms with Gasteiger partial charge in [-0.05, 0) is 12.1 Å². The molecular formula is C5H4BF4N-. The molecule has 0 aliphatic heterocycles. The lowest BCUT2D eigenvalue weighted by Crippen LogP contribution is -2.02. The second-order valence-corrected chi connectivity index (χ2v) is 1.45. The molecule has 0 atom stereocenters. The first-order chi connectivity index (χ1) is 5.00. The van der Waals surface area contributed by atoms with Crippen LogP contribution in [-0.4, -0.2) is 12.2 Å². The minimum absolute atomic E-state index is 1.69. The normalized spacial score (nSPS) is 9.82. The first-order valence-corrected chi connectivity index (χ1v) is 2.64. The van der Waals surface area contributed by atoms with Crippen molar-refractivity contribution in [2.75, 3.05) is 0 Å². The van der Waals surface area contributed by atoms with Crippen LogP contribution in [0.1, 0.15) is 0 Å². The van der Waals surface area contributed by atoms with Crippen LogP contribution in [0.25, 0.3) is 0 Å². The Morgan fingerprint density at radius 2 is 1.64 bits per heavy atom. The molecule has 1 heterocycles. The Balaban J connectivity index is 0.000000187. The van der Waals surface area contributed by atoms with Crippen LogP contribution in [0, 0.1) is 6.20 Å². The summed E-state index contributed by atoms with van der Waals surface area (Å²) in [5.41, 5.74) is 0. The fraction of sp³-hybridized carbons (Fsp3) is 0. The van der Waals surface area contributed by atoms with Crippen LogP contribution in [-0.2, 0) is 0 Å². The van der Waals surface area contributed by atoms with Gasteiger partial charge >= 0.3 is 7.25 Å². The summed E-state index contributed by atoms with van der Waals surface area (Å²) in [4.78, 5) is 3.66. The van der Waals surface area contributed by atoms with Crippen molar-refractivity contribution in [2.24, 2.45) is 0 Å². The molecule has 61 valence electrons. The largest absolute Gasteiger partial charge is 0.673 e. The van der Waals surface area contributed by atoms with Crippen molar-refractivity contribution in [1.29, 1.82) is 0 Å². The van der Waals surface area contributed by atoms with Gasteiger partial charge in [0.1, 0.15) is 0 Å². The van der Waals surface area contributed by atoms with Crippen LogP contribution in [0.4, 0.5) is 17.3 Å². The lowest BCUT2D eigenvalue weighted by atomic mass is 10.3. The number of pyridine rings is 1. The molecule has 6 heteroatoms. The van der Waals surface area contributed by atoms with Gasteiger partial charge in [0.15, 0.2) is 0 Å².